The van der Waals surface area contributed by atoms with E-state index >= 15 is 0 Å². The van der Waals surface area contributed by atoms with Gasteiger partial charge in [0.25, 0.3) is 0 Å². The molecule has 15 heavy (non-hydrogen) atoms. The van der Waals surface area contributed by atoms with Crippen molar-refractivity contribution in [2.24, 2.45) is 0 Å². The van der Waals surface area contributed by atoms with Crippen molar-refractivity contribution in [1.29, 1.82) is 0 Å². The van der Waals surface area contributed by atoms with E-state index in [0.29, 0.717) is 6.04 Å². The Kier molecular flexibility index (Phi) is 8.78. The van der Waals surface area contributed by atoms with Crippen LogP contribution in [0.4, 0.5) is 0 Å². The Morgan fingerprint density at radius 2 is 1.73 bits per heavy atom. The zero-order valence-electron chi connectivity index (χ0n) is 10.2. The monoisotopic (exact) mass is 254 g/mol. The molecule has 0 aliphatic rings. The highest BCUT2D eigenvalue weighted by Gasteiger charge is 2.36. The zero-order valence-corrected chi connectivity index (χ0v) is 12.1. The average Bonchev–Trinajstić information content (AvgIpc) is 2.24. The summed E-state index contributed by atoms with van der Waals surface area (Å²) in [5.41, 5.74) is 3.95. The molecule has 3 N–H and O–H groups in total. The van der Waals surface area contributed by atoms with Crippen molar-refractivity contribution < 1.29 is 19.0 Å². The van der Waals surface area contributed by atoms with Gasteiger partial charge in [0.2, 0.25) is 0 Å². The molecule has 0 saturated heterocycles. The van der Waals surface area contributed by atoms with Gasteiger partial charge in [0.1, 0.15) is 0 Å². The first kappa shape index (κ1) is 15.4. The number of thioether (sulfide) groups is 1. The summed E-state index contributed by atoms with van der Waals surface area (Å²) < 4.78 is 16.0. The summed E-state index contributed by atoms with van der Waals surface area (Å²) in [5, 5.41) is 0. The van der Waals surface area contributed by atoms with Crippen LogP contribution < -0.4 is 5.73 Å². The van der Waals surface area contributed by atoms with Gasteiger partial charge in [-0.2, -0.15) is 11.8 Å². The van der Waals surface area contributed by atoms with Crippen molar-refractivity contribution in [3.63, 3.8) is 0 Å². The molecule has 0 aliphatic carbocycles. The Balaban J connectivity index is 3.63. The molecular formula is C9H24NO3SSi+. The maximum Gasteiger partial charge on any atom is 0.500 e. The highest BCUT2D eigenvalue weighted by atomic mass is 32.2. The normalized spacial score (nSPS) is 14.2. The molecule has 0 spiro atoms. The lowest BCUT2D eigenvalue weighted by Gasteiger charge is -2.24. The van der Waals surface area contributed by atoms with Crippen LogP contribution in [0.3, 0.4) is 0 Å². The van der Waals surface area contributed by atoms with Gasteiger partial charge in [-0.15, -0.1) is 0 Å². The van der Waals surface area contributed by atoms with E-state index in [0.717, 1.165) is 24.0 Å². The maximum absolute atomic E-state index is 5.34. The molecule has 0 radical (unpaired) electrons. The van der Waals surface area contributed by atoms with Crippen LogP contribution in [-0.4, -0.2) is 47.7 Å². The standard InChI is InChI=1S/C9H23NO3SSi/c1-9(10)8-14-6-5-7-15(11-2,12-3)13-4/h9H,5-8,10H2,1-4H3/p+1. The lowest BCUT2D eigenvalue weighted by molar-refractivity contribution is -0.406. The van der Waals surface area contributed by atoms with Crippen molar-refractivity contribution in [2.45, 2.75) is 25.4 Å². The van der Waals surface area contributed by atoms with E-state index in [1.54, 1.807) is 21.3 Å². The minimum atomic E-state index is -2.32. The molecule has 4 nitrogen and oxygen atoms in total. The second-order valence-corrected chi connectivity index (χ2v) is 7.82. The third kappa shape index (κ3) is 6.55. The summed E-state index contributed by atoms with van der Waals surface area (Å²) in [7, 11) is 2.65. The average molecular weight is 254 g/mol. The van der Waals surface area contributed by atoms with Gasteiger partial charge in [0, 0.05) is 33.1 Å². The predicted molar refractivity (Wildman–Crippen MR) is 65.9 cm³/mol. The van der Waals surface area contributed by atoms with Crippen LogP contribution in [0, 0.1) is 0 Å². The summed E-state index contributed by atoms with van der Waals surface area (Å²) in [4.78, 5) is 0. The van der Waals surface area contributed by atoms with E-state index in [1.807, 2.05) is 11.8 Å². The van der Waals surface area contributed by atoms with E-state index < -0.39 is 8.80 Å². The fourth-order valence-corrected chi connectivity index (χ4v) is 4.13. The molecule has 0 heterocycles. The van der Waals surface area contributed by atoms with Crippen LogP contribution >= 0.6 is 11.8 Å². The molecule has 0 bridgehead atoms. The first-order chi connectivity index (χ1) is 7.10. The summed E-state index contributed by atoms with van der Waals surface area (Å²) in [6.07, 6.45) is 1.07. The number of hydrogen-bond donors (Lipinski definition) is 1. The Labute approximate surface area is 98.2 Å². The Morgan fingerprint density at radius 3 is 2.13 bits per heavy atom. The number of quaternary nitrogens is 1. The highest BCUT2D eigenvalue weighted by Crippen LogP contribution is 2.17. The van der Waals surface area contributed by atoms with E-state index in [9.17, 15) is 0 Å². The summed E-state index contributed by atoms with van der Waals surface area (Å²) >= 11 is 1.93. The van der Waals surface area contributed by atoms with Crippen LogP contribution in [0.5, 0.6) is 0 Å². The van der Waals surface area contributed by atoms with Crippen molar-refractivity contribution >= 4 is 20.6 Å². The van der Waals surface area contributed by atoms with Crippen LogP contribution in [-0.2, 0) is 13.3 Å². The molecule has 0 aromatic heterocycles. The van der Waals surface area contributed by atoms with Gasteiger partial charge in [-0.25, -0.2) is 0 Å². The lowest BCUT2D eigenvalue weighted by Crippen LogP contribution is -2.60. The lowest BCUT2D eigenvalue weighted by atomic mass is 10.4. The van der Waals surface area contributed by atoms with Crippen LogP contribution in [0.15, 0.2) is 0 Å². The summed E-state index contributed by atoms with van der Waals surface area (Å²) in [6.45, 7) is 2.13. The SMILES string of the molecule is CO[Si](CCCSCC(C)[NH3+])(OC)OC. The van der Waals surface area contributed by atoms with E-state index in [-0.39, 0.29) is 0 Å². The molecule has 92 valence electrons. The topological polar surface area (TPSA) is 55.3 Å². The molecule has 0 aliphatic heterocycles. The van der Waals surface area contributed by atoms with Gasteiger partial charge in [0.05, 0.1) is 6.04 Å². The zero-order chi connectivity index (χ0) is 11.7. The van der Waals surface area contributed by atoms with Gasteiger partial charge < -0.3 is 19.0 Å². The molecule has 1 unspecified atom stereocenters. The smallest absolute Gasteiger partial charge is 0.377 e. The minimum Gasteiger partial charge on any atom is -0.377 e. The quantitative estimate of drug-likeness (QED) is 0.484. The van der Waals surface area contributed by atoms with Gasteiger partial charge in [0.15, 0.2) is 0 Å². The van der Waals surface area contributed by atoms with Gasteiger partial charge in [-0.3, -0.25) is 0 Å². The molecule has 0 aromatic carbocycles. The second kappa shape index (κ2) is 8.55. The highest BCUT2D eigenvalue weighted by molar-refractivity contribution is 7.99. The largest absolute Gasteiger partial charge is 0.500 e. The second-order valence-electron chi connectivity index (χ2n) is 3.58. The van der Waals surface area contributed by atoms with Crippen LogP contribution in [0.2, 0.25) is 6.04 Å². The minimum absolute atomic E-state index is 0.518. The first-order valence-electron chi connectivity index (χ1n) is 5.16. The van der Waals surface area contributed by atoms with Crippen molar-refractivity contribution in [3.8, 4) is 0 Å². The molecule has 1 atom stereocenters. The third-order valence-electron chi connectivity index (χ3n) is 2.11. The van der Waals surface area contributed by atoms with Crippen LogP contribution in [0.1, 0.15) is 13.3 Å². The molecule has 0 aromatic rings. The third-order valence-corrected chi connectivity index (χ3v) is 6.32. The molecule has 0 fully saturated rings. The van der Waals surface area contributed by atoms with E-state index in [4.69, 9.17) is 13.3 Å². The predicted octanol–water partition coefficient (Wildman–Crippen LogP) is 0.618. The van der Waals surface area contributed by atoms with E-state index in [1.165, 1.54) is 0 Å². The summed E-state index contributed by atoms with van der Waals surface area (Å²) in [6, 6.07) is 1.40. The van der Waals surface area contributed by atoms with Gasteiger partial charge in [-0.1, -0.05) is 0 Å². The summed E-state index contributed by atoms with van der Waals surface area (Å²) in [5.74, 6) is 2.23. The van der Waals surface area contributed by atoms with Gasteiger partial charge >= 0.3 is 8.80 Å². The fourth-order valence-electron chi connectivity index (χ4n) is 1.23. The Hall–Kier alpha value is 0.407. The van der Waals surface area contributed by atoms with Crippen molar-refractivity contribution in [2.75, 3.05) is 32.8 Å². The molecular weight excluding hydrogens is 230 g/mol. The maximum atomic E-state index is 5.34. The first-order valence-corrected chi connectivity index (χ1v) is 8.25. The number of hydrogen-bond acceptors (Lipinski definition) is 4. The number of rotatable bonds is 9. The van der Waals surface area contributed by atoms with Crippen molar-refractivity contribution in [1.82, 2.24) is 0 Å². The Bertz CT molecular complexity index is 148. The van der Waals surface area contributed by atoms with Crippen LogP contribution in [0.25, 0.3) is 0 Å². The molecule has 6 heteroatoms. The molecule has 0 amide bonds. The van der Waals surface area contributed by atoms with Crippen molar-refractivity contribution in [3.05, 3.63) is 0 Å². The van der Waals surface area contributed by atoms with E-state index in [2.05, 4.69) is 12.7 Å². The van der Waals surface area contributed by atoms with Gasteiger partial charge in [-0.05, 0) is 19.1 Å². The fraction of sp³-hybridized carbons (Fsp3) is 1.00. The molecule has 0 rings (SSSR count). The molecule has 0 saturated carbocycles. The Morgan fingerprint density at radius 1 is 1.20 bits per heavy atom.